The Morgan fingerprint density at radius 1 is 0.829 bits per heavy atom. The van der Waals surface area contributed by atoms with Crippen molar-refractivity contribution >= 4 is 11.9 Å². The van der Waals surface area contributed by atoms with E-state index in [4.69, 9.17) is 18.9 Å². The normalized spacial score (nSPS) is 44.0. The zero-order valence-electron chi connectivity index (χ0n) is 27.1. The number of aliphatic hydroxyl groups is 1. The van der Waals surface area contributed by atoms with Gasteiger partial charge in [-0.3, -0.25) is 9.59 Å². The van der Waals surface area contributed by atoms with Crippen LogP contribution in [0.2, 0.25) is 0 Å². The molecule has 4 fully saturated rings. The third kappa shape index (κ3) is 6.15. The molecule has 4 rings (SSSR count). The molecule has 9 atom stereocenters. The molecular formula is C34H56O7. The van der Waals surface area contributed by atoms with Crippen LogP contribution in [0.25, 0.3) is 0 Å². The van der Waals surface area contributed by atoms with Gasteiger partial charge in [-0.1, -0.05) is 26.0 Å². The minimum absolute atomic E-state index is 0.0401. The minimum Gasteiger partial charge on any atom is -0.460 e. The molecular weight excluding hydrogens is 520 g/mol. The molecule has 2 heterocycles. The SMILES string of the molecule is C=C1CC[C@H]2OC(C)(C)[C@H](O)CC[C@]2(C)[C@H]1CC[C@@H]1[C@@]2(C)CC[C@@H](OC(C)=O)C(C)(C)O[C@@H]2CC[C@]1(C)OC(C)=O. The van der Waals surface area contributed by atoms with Crippen molar-refractivity contribution in [3.8, 4) is 0 Å². The summed E-state index contributed by atoms with van der Waals surface area (Å²) in [5.74, 6) is -0.255. The molecule has 0 spiro atoms. The number of carbonyl (C=O) groups excluding carboxylic acids is 2. The second-order valence-electron chi connectivity index (χ2n) is 15.4. The average Bonchev–Trinajstić information content (AvgIpc) is 2.99. The van der Waals surface area contributed by atoms with Crippen molar-refractivity contribution in [3.05, 3.63) is 12.2 Å². The van der Waals surface area contributed by atoms with E-state index >= 15 is 0 Å². The molecule has 0 bridgehead atoms. The molecule has 4 aliphatic rings. The summed E-state index contributed by atoms with van der Waals surface area (Å²) in [6.45, 7) is 22.3. The Balaban J connectivity index is 1.66. The third-order valence-electron chi connectivity index (χ3n) is 11.7. The molecule has 2 aliphatic carbocycles. The lowest BCUT2D eigenvalue weighted by Gasteiger charge is -2.56. The quantitative estimate of drug-likeness (QED) is 0.288. The fourth-order valence-electron chi connectivity index (χ4n) is 9.24. The van der Waals surface area contributed by atoms with Crippen LogP contribution in [0.4, 0.5) is 0 Å². The first-order valence-electron chi connectivity index (χ1n) is 15.9. The van der Waals surface area contributed by atoms with E-state index in [2.05, 4.69) is 27.4 Å². The molecule has 0 amide bonds. The zero-order valence-corrected chi connectivity index (χ0v) is 27.1. The highest BCUT2D eigenvalue weighted by atomic mass is 16.6. The van der Waals surface area contributed by atoms with Gasteiger partial charge in [-0.2, -0.15) is 0 Å². The monoisotopic (exact) mass is 576 g/mol. The topological polar surface area (TPSA) is 91.3 Å². The summed E-state index contributed by atoms with van der Waals surface area (Å²) >= 11 is 0. The van der Waals surface area contributed by atoms with E-state index in [1.807, 2.05) is 27.7 Å². The van der Waals surface area contributed by atoms with Gasteiger partial charge in [0.15, 0.2) is 0 Å². The Kier molecular flexibility index (Phi) is 8.90. The summed E-state index contributed by atoms with van der Waals surface area (Å²) in [5.41, 5.74) is -0.950. The Hall–Kier alpha value is -1.44. The molecule has 7 heteroatoms. The highest BCUT2D eigenvalue weighted by molar-refractivity contribution is 5.66. The third-order valence-corrected chi connectivity index (χ3v) is 11.7. The van der Waals surface area contributed by atoms with Gasteiger partial charge in [-0.05, 0) is 105 Å². The van der Waals surface area contributed by atoms with E-state index in [9.17, 15) is 14.7 Å². The van der Waals surface area contributed by atoms with Gasteiger partial charge >= 0.3 is 11.9 Å². The Morgan fingerprint density at radius 2 is 1.44 bits per heavy atom. The molecule has 0 aromatic heterocycles. The number of carbonyl (C=O) groups is 2. The summed E-state index contributed by atoms with van der Waals surface area (Å²) < 4.78 is 25.4. The van der Waals surface area contributed by atoms with E-state index in [1.165, 1.54) is 19.4 Å². The number of rotatable bonds is 5. The number of allylic oxidation sites excluding steroid dienone is 1. The molecule has 0 radical (unpaired) electrons. The molecule has 0 aromatic carbocycles. The zero-order chi connectivity index (χ0) is 30.6. The first-order valence-corrected chi connectivity index (χ1v) is 15.9. The van der Waals surface area contributed by atoms with E-state index in [0.29, 0.717) is 12.8 Å². The molecule has 2 aliphatic heterocycles. The van der Waals surface area contributed by atoms with E-state index in [-0.39, 0.29) is 52.9 Å². The van der Waals surface area contributed by atoms with Crippen molar-refractivity contribution in [2.75, 3.05) is 0 Å². The van der Waals surface area contributed by atoms with E-state index < -0.39 is 22.9 Å². The van der Waals surface area contributed by atoms with Gasteiger partial charge in [0, 0.05) is 30.6 Å². The van der Waals surface area contributed by atoms with Crippen molar-refractivity contribution < 1.29 is 33.6 Å². The second-order valence-corrected chi connectivity index (χ2v) is 15.4. The van der Waals surface area contributed by atoms with Crippen LogP contribution in [-0.2, 0) is 28.5 Å². The molecule has 0 unspecified atom stereocenters. The first-order chi connectivity index (χ1) is 18.8. The van der Waals surface area contributed by atoms with Crippen molar-refractivity contribution in [2.24, 2.45) is 22.7 Å². The number of ether oxygens (including phenoxy) is 4. The number of hydrogen-bond donors (Lipinski definition) is 1. The fraction of sp³-hybridized carbons (Fsp3) is 0.882. The van der Waals surface area contributed by atoms with Crippen LogP contribution < -0.4 is 0 Å². The van der Waals surface area contributed by atoms with Crippen molar-refractivity contribution in [1.82, 2.24) is 0 Å². The molecule has 2 saturated carbocycles. The Bertz CT molecular complexity index is 1020. The second kappa shape index (κ2) is 11.2. The summed E-state index contributed by atoms with van der Waals surface area (Å²) in [6.07, 6.45) is 7.41. The molecule has 2 saturated heterocycles. The van der Waals surface area contributed by atoms with Crippen molar-refractivity contribution in [2.45, 2.75) is 168 Å². The maximum Gasteiger partial charge on any atom is 0.303 e. The average molecular weight is 577 g/mol. The van der Waals surface area contributed by atoms with Crippen LogP contribution in [0.15, 0.2) is 12.2 Å². The standard InChI is InChI=1S/C34H56O7/c1-21-11-14-28-32(8,18-15-26(37)30(4,5)40-28)24(21)12-13-25-33(9)19-16-27(38-22(2)35)31(6,7)41-29(33)17-20-34(25,10)39-23(3)36/h24-29,37H,1,11-20H2,2-10H3/t24-,25+,26+,27+,28+,29+,32+,33+,34-/m0/s1. The molecule has 1 N–H and O–H groups in total. The van der Waals surface area contributed by atoms with Crippen molar-refractivity contribution in [3.63, 3.8) is 0 Å². The first kappa shape index (κ1) is 32.5. The van der Waals surface area contributed by atoms with Crippen LogP contribution in [0.1, 0.15) is 127 Å². The lowest BCUT2D eigenvalue weighted by molar-refractivity contribution is -0.221. The van der Waals surface area contributed by atoms with Crippen LogP contribution in [-0.4, -0.2) is 58.3 Å². The van der Waals surface area contributed by atoms with Gasteiger partial charge in [-0.15, -0.1) is 0 Å². The van der Waals surface area contributed by atoms with Crippen LogP contribution in [0.3, 0.4) is 0 Å². The van der Waals surface area contributed by atoms with Gasteiger partial charge in [-0.25, -0.2) is 0 Å². The van der Waals surface area contributed by atoms with Crippen LogP contribution in [0.5, 0.6) is 0 Å². The van der Waals surface area contributed by atoms with E-state index in [0.717, 1.165) is 51.4 Å². The predicted molar refractivity (Wildman–Crippen MR) is 158 cm³/mol. The van der Waals surface area contributed by atoms with Gasteiger partial charge in [0.05, 0.1) is 29.5 Å². The maximum absolute atomic E-state index is 12.4. The highest BCUT2D eigenvalue weighted by Crippen LogP contribution is 2.59. The number of hydrogen-bond acceptors (Lipinski definition) is 7. The van der Waals surface area contributed by atoms with Crippen LogP contribution >= 0.6 is 0 Å². The molecule has 234 valence electrons. The van der Waals surface area contributed by atoms with Gasteiger partial charge in [0.1, 0.15) is 11.7 Å². The Labute approximate surface area is 248 Å². The molecule has 7 nitrogen and oxygen atoms in total. The minimum atomic E-state index is -0.625. The number of fused-ring (bicyclic) bond motifs is 2. The summed E-state index contributed by atoms with van der Waals surface area (Å²) in [5, 5.41) is 10.9. The predicted octanol–water partition coefficient (Wildman–Crippen LogP) is 6.69. The lowest BCUT2D eigenvalue weighted by Crippen LogP contribution is -2.58. The number of aliphatic hydroxyl groups excluding tert-OH is 1. The van der Waals surface area contributed by atoms with E-state index in [1.54, 1.807) is 0 Å². The molecule has 41 heavy (non-hydrogen) atoms. The summed E-state index contributed by atoms with van der Waals surface area (Å²) in [7, 11) is 0. The Morgan fingerprint density at radius 3 is 2.07 bits per heavy atom. The molecule has 0 aromatic rings. The van der Waals surface area contributed by atoms with Gasteiger partial charge in [0.25, 0.3) is 0 Å². The largest absolute Gasteiger partial charge is 0.460 e. The van der Waals surface area contributed by atoms with Gasteiger partial charge in [0.2, 0.25) is 0 Å². The maximum atomic E-state index is 12.4. The van der Waals surface area contributed by atoms with Gasteiger partial charge < -0.3 is 24.1 Å². The highest BCUT2D eigenvalue weighted by Gasteiger charge is 2.59. The number of esters is 2. The smallest absolute Gasteiger partial charge is 0.303 e. The summed E-state index contributed by atoms with van der Waals surface area (Å²) in [6, 6.07) is 0. The lowest BCUT2D eigenvalue weighted by atomic mass is 9.54. The fourth-order valence-corrected chi connectivity index (χ4v) is 9.24. The summed E-state index contributed by atoms with van der Waals surface area (Å²) in [4.78, 5) is 24.4. The van der Waals surface area contributed by atoms with Crippen molar-refractivity contribution in [1.29, 1.82) is 0 Å². The van der Waals surface area contributed by atoms with Crippen LogP contribution in [0, 0.1) is 22.7 Å².